The molecule has 1 heterocycles. The van der Waals surface area contributed by atoms with Gasteiger partial charge in [-0.05, 0) is 49.4 Å². The SMILES string of the molecule is CCCOc1ccc2c(c1)C(N1CCN(C(=O)NCC)CC1)CC2. The number of urea groups is 1. The summed E-state index contributed by atoms with van der Waals surface area (Å²) < 4.78 is 5.81. The molecule has 1 saturated heterocycles. The number of nitrogens with zero attached hydrogens (tertiary/aromatic N) is 2. The highest BCUT2D eigenvalue weighted by atomic mass is 16.5. The van der Waals surface area contributed by atoms with Gasteiger partial charge in [-0.1, -0.05) is 13.0 Å². The van der Waals surface area contributed by atoms with Crippen LogP contribution in [0.5, 0.6) is 5.75 Å². The van der Waals surface area contributed by atoms with Gasteiger partial charge in [0.1, 0.15) is 5.75 Å². The number of amides is 2. The summed E-state index contributed by atoms with van der Waals surface area (Å²) in [4.78, 5) is 16.4. The molecule has 24 heavy (non-hydrogen) atoms. The van der Waals surface area contributed by atoms with Crippen molar-refractivity contribution in [3.63, 3.8) is 0 Å². The average Bonchev–Trinajstić information content (AvgIpc) is 3.03. The minimum absolute atomic E-state index is 0.0687. The van der Waals surface area contributed by atoms with Gasteiger partial charge in [0.15, 0.2) is 0 Å². The van der Waals surface area contributed by atoms with E-state index in [1.807, 2.05) is 11.8 Å². The Hall–Kier alpha value is -1.75. The fourth-order valence-corrected chi connectivity index (χ4v) is 3.75. The summed E-state index contributed by atoms with van der Waals surface area (Å²) in [7, 11) is 0. The largest absolute Gasteiger partial charge is 0.494 e. The first-order chi connectivity index (χ1) is 11.7. The molecule has 5 nitrogen and oxygen atoms in total. The van der Waals surface area contributed by atoms with Crippen LogP contribution in [0, 0.1) is 0 Å². The monoisotopic (exact) mass is 331 g/mol. The van der Waals surface area contributed by atoms with Gasteiger partial charge < -0.3 is 15.0 Å². The van der Waals surface area contributed by atoms with Crippen molar-refractivity contribution >= 4 is 6.03 Å². The van der Waals surface area contributed by atoms with Crippen molar-refractivity contribution in [2.75, 3.05) is 39.3 Å². The molecule has 3 rings (SSSR count). The maximum absolute atomic E-state index is 11.9. The van der Waals surface area contributed by atoms with Gasteiger partial charge in [0.25, 0.3) is 0 Å². The third-order valence-corrected chi connectivity index (χ3v) is 5.01. The molecule has 0 spiro atoms. The number of fused-ring (bicyclic) bond motifs is 1. The highest BCUT2D eigenvalue weighted by Gasteiger charge is 2.31. The molecule has 1 aliphatic heterocycles. The number of carbonyl (C=O) groups excluding carboxylic acids is 1. The first-order valence-electron chi connectivity index (χ1n) is 9.25. The summed E-state index contributed by atoms with van der Waals surface area (Å²) in [5, 5.41) is 2.89. The van der Waals surface area contributed by atoms with E-state index in [9.17, 15) is 4.79 Å². The molecule has 2 amide bonds. The molecule has 1 unspecified atom stereocenters. The van der Waals surface area contributed by atoms with Gasteiger partial charge in [-0.2, -0.15) is 0 Å². The Morgan fingerprint density at radius 2 is 2.04 bits per heavy atom. The average molecular weight is 331 g/mol. The third kappa shape index (κ3) is 3.66. The molecule has 5 heteroatoms. The van der Waals surface area contributed by atoms with Gasteiger partial charge in [-0.15, -0.1) is 0 Å². The van der Waals surface area contributed by atoms with Crippen LogP contribution in [0.3, 0.4) is 0 Å². The zero-order valence-electron chi connectivity index (χ0n) is 14.9. The van der Waals surface area contributed by atoms with Crippen LogP contribution in [0.15, 0.2) is 18.2 Å². The maximum atomic E-state index is 11.9. The van der Waals surface area contributed by atoms with Crippen molar-refractivity contribution in [1.29, 1.82) is 0 Å². The van der Waals surface area contributed by atoms with E-state index in [2.05, 4.69) is 35.3 Å². The van der Waals surface area contributed by atoms with Crippen LogP contribution < -0.4 is 10.1 Å². The second kappa shape index (κ2) is 7.88. The number of carbonyl (C=O) groups is 1. The number of hydrogen-bond acceptors (Lipinski definition) is 3. The predicted octanol–water partition coefficient (Wildman–Crippen LogP) is 2.81. The molecule has 132 valence electrons. The molecule has 0 radical (unpaired) electrons. The summed E-state index contributed by atoms with van der Waals surface area (Å²) >= 11 is 0. The Morgan fingerprint density at radius 3 is 2.75 bits per heavy atom. The van der Waals surface area contributed by atoms with Crippen molar-refractivity contribution in [1.82, 2.24) is 15.1 Å². The van der Waals surface area contributed by atoms with Crippen LogP contribution in [0.1, 0.15) is 43.9 Å². The summed E-state index contributed by atoms with van der Waals surface area (Å²) in [5.41, 5.74) is 2.88. The van der Waals surface area contributed by atoms with Crippen molar-refractivity contribution in [3.8, 4) is 5.75 Å². The number of piperazine rings is 1. The molecule has 0 aromatic heterocycles. The van der Waals surface area contributed by atoms with Crippen LogP contribution in [-0.4, -0.2) is 55.2 Å². The summed E-state index contributed by atoms with van der Waals surface area (Å²) in [6.45, 7) is 9.06. The number of nitrogens with one attached hydrogen (secondary N) is 1. The highest BCUT2D eigenvalue weighted by Crippen LogP contribution is 2.38. The van der Waals surface area contributed by atoms with Crippen molar-refractivity contribution < 1.29 is 9.53 Å². The van der Waals surface area contributed by atoms with E-state index >= 15 is 0 Å². The summed E-state index contributed by atoms with van der Waals surface area (Å²) in [6.07, 6.45) is 3.35. The lowest BCUT2D eigenvalue weighted by molar-refractivity contribution is 0.108. The van der Waals surface area contributed by atoms with E-state index in [4.69, 9.17) is 4.74 Å². The first-order valence-corrected chi connectivity index (χ1v) is 9.25. The standard InChI is InChI=1S/C19H29N3O2/c1-3-13-24-16-7-5-15-6-8-18(17(15)14-16)21-9-11-22(12-10-21)19(23)20-4-2/h5,7,14,18H,3-4,6,8-13H2,1-2H3,(H,20,23). The van der Waals surface area contributed by atoms with Crippen LogP contribution in [-0.2, 0) is 6.42 Å². The number of ether oxygens (including phenoxy) is 1. The van der Waals surface area contributed by atoms with Crippen LogP contribution in [0.25, 0.3) is 0 Å². The summed E-state index contributed by atoms with van der Waals surface area (Å²) in [6, 6.07) is 7.11. The number of aryl methyl sites for hydroxylation is 1. The second-order valence-corrected chi connectivity index (χ2v) is 6.62. The van der Waals surface area contributed by atoms with Crippen LogP contribution >= 0.6 is 0 Å². The number of hydrogen-bond donors (Lipinski definition) is 1. The maximum Gasteiger partial charge on any atom is 0.317 e. The minimum Gasteiger partial charge on any atom is -0.494 e. The zero-order chi connectivity index (χ0) is 16.9. The van der Waals surface area contributed by atoms with Gasteiger partial charge in [-0.3, -0.25) is 4.90 Å². The fourth-order valence-electron chi connectivity index (χ4n) is 3.75. The van der Waals surface area contributed by atoms with E-state index in [0.717, 1.165) is 51.4 Å². The Kier molecular flexibility index (Phi) is 5.61. The van der Waals surface area contributed by atoms with Gasteiger partial charge in [0.05, 0.1) is 6.61 Å². The molecule has 0 saturated carbocycles. The van der Waals surface area contributed by atoms with Gasteiger partial charge in [-0.25, -0.2) is 4.79 Å². The lowest BCUT2D eigenvalue weighted by Crippen LogP contribution is -2.52. The fraction of sp³-hybridized carbons (Fsp3) is 0.632. The van der Waals surface area contributed by atoms with Crippen molar-refractivity contribution in [2.45, 2.75) is 39.2 Å². The Morgan fingerprint density at radius 1 is 1.25 bits per heavy atom. The Balaban J connectivity index is 1.63. The molecule has 1 aromatic rings. The van der Waals surface area contributed by atoms with Crippen molar-refractivity contribution in [3.05, 3.63) is 29.3 Å². The predicted molar refractivity (Wildman–Crippen MR) is 95.5 cm³/mol. The lowest BCUT2D eigenvalue weighted by atomic mass is 10.1. The van der Waals surface area contributed by atoms with Crippen LogP contribution in [0.2, 0.25) is 0 Å². The minimum atomic E-state index is 0.0687. The van der Waals surface area contributed by atoms with Gasteiger partial charge in [0, 0.05) is 38.8 Å². The van der Waals surface area contributed by atoms with E-state index in [1.165, 1.54) is 17.5 Å². The molecular formula is C19H29N3O2. The van der Waals surface area contributed by atoms with Gasteiger partial charge in [0.2, 0.25) is 0 Å². The van der Waals surface area contributed by atoms with E-state index in [1.54, 1.807) is 0 Å². The van der Waals surface area contributed by atoms with E-state index in [-0.39, 0.29) is 6.03 Å². The first kappa shape index (κ1) is 17.1. The van der Waals surface area contributed by atoms with Crippen LogP contribution in [0.4, 0.5) is 4.79 Å². The molecular weight excluding hydrogens is 302 g/mol. The van der Waals surface area contributed by atoms with E-state index < -0.39 is 0 Å². The Bertz CT molecular complexity index is 568. The molecule has 1 N–H and O–H groups in total. The number of rotatable bonds is 5. The molecule has 2 aliphatic rings. The third-order valence-electron chi connectivity index (χ3n) is 5.01. The molecule has 1 atom stereocenters. The molecule has 0 bridgehead atoms. The topological polar surface area (TPSA) is 44.8 Å². The Labute approximate surface area is 145 Å². The second-order valence-electron chi connectivity index (χ2n) is 6.62. The summed E-state index contributed by atoms with van der Waals surface area (Å²) in [5.74, 6) is 0.989. The van der Waals surface area contributed by atoms with Gasteiger partial charge >= 0.3 is 6.03 Å². The molecule has 1 fully saturated rings. The van der Waals surface area contributed by atoms with E-state index in [0.29, 0.717) is 12.6 Å². The smallest absolute Gasteiger partial charge is 0.317 e. The quantitative estimate of drug-likeness (QED) is 0.902. The molecule has 1 aliphatic carbocycles. The molecule has 1 aromatic carbocycles. The van der Waals surface area contributed by atoms with Crippen molar-refractivity contribution in [2.24, 2.45) is 0 Å². The number of benzene rings is 1. The highest BCUT2D eigenvalue weighted by molar-refractivity contribution is 5.74. The lowest BCUT2D eigenvalue weighted by Gasteiger charge is -2.38. The normalized spacial score (nSPS) is 20.8. The zero-order valence-corrected chi connectivity index (χ0v) is 14.9.